The number of rotatable bonds is 3. The van der Waals surface area contributed by atoms with Crippen LogP contribution in [0.15, 0.2) is 17.0 Å². The van der Waals surface area contributed by atoms with Gasteiger partial charge in [-0.3, -0.25) is 0 Å². The fraction of sp³-hybridized carbons (Fsp3) is 0.538. The molecule has 18 heavy (non-hydrogen) atoms. The maximum atomic E-state index is 12.2. The Morgan fingerprint density at radius 1 is 1.39 bits per heavy atom. The molecule has 0 amide bonds. The lowest BCUT2D eigenvalue weighted by atomic mass is 10.1. The number of nitrogens with one attached hydrogen (secondary N) is 1. The Kier molecular flexibility index (Phi) is 3.64. The van der Waals surface area contributed by atoms with Crippen LogP contribution in [0.3, 0.4) is 0 Å². The van der Waals surface area contributed by atoms with Crippen LogP contribution in [0.4, 0.5) is 5.69 Å². The molecule has 1 aromatic carbocycles. The van der Waals surface area contributed by atoms with Gasteiger partial charge in [0.05, 0.1) is 16.3 Å². The summed E-state index contributed by atoms with van der Waals surface area (Å²) < 4.78 is 24.5. The fourth-order valence-electron chi connectivity index (χ4n) is 2.35. The monoisotopic (exact) mass is 268 g/mol. The molecule has 5 heteroatoms. The Labute approximate surface area is 108 Å². The van der Waals surface area contributed by atoms with Gasteiger partial charge in [0, 0.05) is 6.04 Å². The molecule has 100 valence electrons. The highest BCUT2D eigenvalue weighted by atomic mass is 32.2. The maximum Gasteiger partial charge on any atom is 0.182 e. The Balaban J connectivity index is 2.41. The Morgan fingerprint density at radius 3 is 2.78 bits per heavy atom. The van der Waals surface area contributed by atoms with Gasteiger partial charge in [-0.15, -0.1) is 0 Å². The first-order chi connectivity index (χ1) is 8.45. The van der Waals surface area contributed by atoms with E-state index in [1.165, 1.54) is 0 Å². The van der Waals surface area contributed by atoms with Crippen molar-refractivity contribution in [3.63, 3.8) is 0 Å². The lowest BCUT2D eigenvalue weighted by Crippen LogP contribution is -2.35. The van der Waals surface area contributed by atoms with Crippen molar-refractivity contribution in [1.82, 2.24) is 0 Å². The van der Waals surface area contributed by atoms with E-state index in [4.69, 9.17) is 5.73 Å². The standard InChI is InChI=1S/C13H20N2O2S/c1-9-5-6-12-13(10(9)2)15-11(4-3-7-14)8-18(12,16)17/h5-6,11,15H,3-4,7-8,14H2,1-2H3. The third-order valence-corrected chi connectivity index (χ3v) is 5.41. The molecule has 0 spiro atoms. The van der Waals surface area contributed by atoms with Crippen LogP contribution in [-0.2, 0) is 9.84 Å². The molecule has 1 atom stereocenters. The number of hydrogen-bond acceptors (Lipinski definition) is 4. The molecule has 0 radical (unpaired) electrons. The van der Waals surface area contributed by atoms with Crippen molar-refractivity contribution in [2.45, 2.75) is 37.6 Å². The van der Waals surface area contributed by atoms with Gasteiger partial charge in [0.2, 0.25) is 0 Å². The predicted octanol–water partition coefficient (Wildman–Crippen LogP) is 1.61. The van der Waals surface area contributed by atoms with E-state index >= 15 is 0 Å². The van der Waals surface area contributed by atoms with Crippen molar-refractivity contribution >= 4 is 15.5 Å². The molecule has 1 heterocycles. The predicted molar refractivity (Wildman–Crippen MR) is 73.7 cm³/mol. The van der Waals surface area contributed by atoms with E-state index in [0.717, 1.165) is 29.7 Å². The number of fused-ring (bicyclic) bond motifs is 1. The summed E-state index contributed by atoms with van der Waals surface area (Å²) >= 11 is 0. The molecule has 2 rings (SSSR count). The number of sulfone groups is 1. The average Bonchev–Trinajstić information content (AvgIpc) is 2.31. The third-order valence-electron chi connectivity index (χ3n) is 3.56. The summed E-state index contributed by atoms with van der Waals surface area (Å²) in [4.78, 5) is 0.439. The average molecular weight is 268 g/mol. The van der Waals surface area contributed by atoms with E-state index < -0.39 is 9.84 Å². The van der Waals surface area contributed by atoms with Gasteiger partial charge in [0.1, 0.15) is 0 Å². The van der Waals surface area contributed by atoms with Crippen LogP contribution in [0.5, 0.6) is 0 Å². The number of nitrogens with two attached hydrogens (primary N) is 1. The minimum absolute atomic E-state index is 0.0217. The molecular weight excluding hydrogens is 248 g/mol. The summed E-state index contributed by atoms with van der Waals surface area (Å²) in [5, 5.41) is 3.36. The second-order valence-corrected chi connectivity index (χ2v) is 6.94. The minimum atomic E-state index is -3.16. The lowest BCUT2D eigenvalue weighted by Gasteiger charge is -2.28. The number of hydrogen-bond donors (Lipinski definition) is 2. The van der Waals surface area contributed by atoms with Gasteiger partial charge in [0.15, 0.2) is 9.84 Å². The summed E-state index contributed by atoms with van der Waals surface area (Å²) in [6.45, 7) is 4.55. The van der Waals surface area contributed by atoms with Crippen molar-refractivity contribution in [2.24, 2.45) is 5.73 Å². The maximum absolute atomic E-state index is 12.2. The van der Waals surface area contributed by atoms with E-state index in [1.54, 1.807) is 6.07 Å². The first kappa shape index (κ1) is 13.4. The van der Waals surface area contributed by atoms with E-state index in [1.807, 2.05) is 19.9 Å². The molecular formula is C13H20N2O2S. The zero-order chi connectivity index (χ0) is 13.3. The topological polar surface area (TPSA) is 72.2 Å². The van der Waals surface area contributed by atoms with Gasteiger partial charge >= 0.3 is 0 Å². The normalized spacial score (nSPS) is 21.2. The smallest absolute Gasteiger partial charge is 0.182 e. The lowest BCUT2D eigenvalue weighted by molar-refractivity contribution is 0.575. The number of anilines is 1. The van der Waals surface area contributed by atoms with E-state index in [2.05, 4.69) is 5.32 Å². The second kappa shape index (κ2) is 4.90. The zero-order valence-electron chi connectivity index (χ0n) is 10.9. The van der Waals surface area contributed by atoms with Gasteiger partial charge in [-0.05, 0) is 50.4 Å². The molecule has 0 saturated heterocycles. The molecule has 0 aromatic heterocycles. The molecule has 0 saturated carbocycles. The number of aryl methyl sites for hydroxylation is 1. The summed E-state index contributed by atoms with van der Waals surface area (Å²) in [5.74, 6) is 0.169. The van der Waals surface area contributed by atoms with Gasteiger partial charge in [-0.2, -0.15) is 0 Å². The third kappa shape index (κ3) is 2.37. The first-order valence-electron chi connectivity index (χ1n) is 6.25. The summed E-state index contributed by atoms with van der Waals surface area (Å²) in [6, 6.07) is 3.55. The second-order valence-electron chi connectivity index (χ2n) is 4.93. The van der Waals surface area contributed by atoms with E-state index in [-0.39, 0.29) is 11.8 Å². The molecule has 1 aliphatic heterocycles. The fourth-order valence-corrected chi connectivity index (χ4v) is 4.11. The highest BCUT2D eigenvalue weighted by Gasteiger charge is 2.30. The van der Waals surface area contributed by atoms with Crippen LogP contribution in [0.1, 0.15) is 24.0 Å². The van der Waals surface area contributed by atoms with Crippen molar-refractivity contribution in [3.8, 4) is 0 Å². The van der Waals surface area contributed by atoms with Crippen LogP contribution in [-0.4, -0.2) is 26.8 Å². The van der Waals surface area contributed by atoms with E-state index in [0.29, 0.717) is 11.4 Å². The van der Waals surface area contributed by atoms with Gasteiger partial charge < -0.3 is 11.1 Å². The van der Waals surface area contributed by atoms with Crippen LogP contribution >= 0.6 is 0 Å². The van der Waals surface area contributed by atoms with Crippen molar-refractivity contribution < 1.29 is 8.42 Å². The molecule has 3 N–H and O–H groups in total. The van der Waals surface area contributed by atoms with Crippen molar-refractivity contribution in [3.05, 3.63) is 23.3 Å². The highest BCUT2D eigenvalue weighted by Crippen LogP contribution is 2.33. The molecule has 4 nitrogen and oxygen atoms in total. The molecule has 1 unspecified atom stereocenters. The van der Waals surface area contributed by atoms with Crippen LogP contribution in [0.2, 0.25) is 0 Å². The summed E-state index contributed by atoms with van der Waals surface area (Å²) in [7, 11) is -3.16. The quantitative estimate of drug-likeness (QED) is 0.873. The van der Waals surface area contributed by atoms with Gasteiger partial charge in [-0.1, -0.05) is 6.07 Å². The number of benzene rings is 1. The van der Waals surface area contributed by atoms with Crippen LogP contribution < -0.4 is 11.1 Å². The van der Waals surface area contributed by atoms with E-state index in [9.17, 15) is 8.42 Å². The van der Waals surface area contributed by atoms with Gasteiger partial charge in [0.25, 0.3) is 0 Å². The van der Waals surface area contributed by atoms with Crippen LogP contribution in [0.25, 0.3) is 0 Å². The Hall–Kier alpha value is -1.07. The zero-order valence-corrected chi connectivity index (χ0v) is 11.7. The minimum Gasteiger partial charge on any atom is -0.380 e. The summed E-state index contributed by atoms with van der Waals surface area (Å²) in [5.41, 5.74) is 8.39. The largest absolute Gasteiger partial charge is 0.380 e. The van der Waals surface area contributed by atoms with Crippen molar-refractivity contribution in [2.75, 3.05) is 17.6 Å². The van der Waals surface area contributed by atoms with Crippen molar-refractivity contribution in [1.29, 1.82) is 0 Å². The summed E-state index contributed by atoms with van der Waals surface area (Å²) in [6.07, 6.45) is 1.63. The Morgan fingerprint density at radius 2 is 2.11 bits per heavy atom. The highest BCUT2D eigenvalue weighted by molar-refractivity contribution is 7.91. The molecule has 0 bridgehead atoms. The first-order valence-corrected chi connectivity index (χ1v) is 7.90. The Bertz CT molecular complexity index is 552. The molecule has 1 aromatic rings. The SMILES string of the molecule is Cc1ccc2c(c1C)NC(CCCN)CS2(=O)=O. The molecule has 1 aliphatic rings. The molecule has 0 aliphatic carbocycles. The van der Waals surface area contributed by atoms with Crippen LogP contribution in [0, 0.1) is 13.8 Å². The molecule has 0 fully saturated rings. The van der Waals surface area contributed by atoms with Gasteiger partial charge in [-0.25, -0.2) is 8.42 Å².